The number of pyridine rings is 1. The van der Waals surface area contributed by atoms with Crippen molar-refractivity contribution in [1.82, 2.24) is 14.5 Å². The molecular formula is C23H23N3O4. The highest BCUT2D eigenvalue weighted by atomic mass is 16.5. The third-order valence-electron chi connectivity index (χ3n) is 4.94. The minimum Gasteiger partial charge on any atom is -0.497 e. The van der Waals surface area contributed by atoms with Crippen LogP contribution >= 0.6 is 0 Å². The van der Waals surface area contributed by atoms with E-state index in [2.05, 4.69) is 9.97 Å². The average Bonchev–Trinajstić information content (AvgIpc) is 3.20. The Bertz CT molecular complexity index is 1230. The first-order chi connectivity index (χ1) is 14.5. The zero-order valence-corrected chi connectivity index (χ0v) is 16.8. The lowest BCUT2D eigenvalue weighted by Gasteiger charge is -2.15. The van der Waals surface area contributed by atoms with E-state index in [1.165, 1.54) is 0 Å². The fourth-order valence-electron chi connectivity index (χ4n) is 3.41. The zero-order chi connectivity index (χ0) is 21.1. The molecule has 0 saturated carbocycles. The van der Waals surface area contributed by atoms with Gasteiger partial charge in [0.05, 0.1) is 24.7 Å². The van der Waals surface area contributed by atoms with Gasteiger partial charge in [0.2, 0.25) is 0 Å². The number of aromatic amines is 1. The third kappa shape index (κ3) is 4.06. The molecule has 7 nitrogen and oxygen atoms in total. The standard InChI is InChI=1S/C23H23N3O4/c1-15-5-3-6-16-11-20(23(28)25-21(15)16)22-24-9-10-26(22)13-17(27)14-30-19-8-4-7-18(12-19)29-2/h3-12,17,27H,13-14H2,1-2H3,(H,25,28). The van der Waals surface area contributed by atoms with Crippen LogP contribution < -0.4 is 15.0 Å². The van der Waals surface area contributed by atoms with E-state index in [9.17, 15) is 9.90 Å². The molecule has 4 rings (SSSR count). The summed E-state index contributed by atoms with van der Waals surface area (Å²) in [6, 6.07) is 14.9. The quantitative estimate of drug-likeness (QED) is 0.493. The summed E-state index contributed by atoms with van der Waals surface area (Å²) in [6.07, 6.45) is 2.57. The van der Waals surface area contributed by atoms with Gasteiger partial charge in [0.15, 0.2) is 0 Å². The SMILES string of the molecule is COc1cccc(OCC(O)Cn2ccnc2-c2cc3cccc(C)c3[nH]c2=O)c1. The minimum absolute atomic E-state index is 0.0953. The highest BCUT2D eigenvalue weighted by Crippen LogP contribution is 2.21. The lowest BCUT2D eigenvalue weighted by Crippen LogP contribution is -2.24. The van der Waals surface area contributed by atoms with Gasteiger partial charge in [-0.25, -0.2) is 4.98 Å². The average molecular weight is 405 g/mol. The van der Waals surface area contributed by atoms with E-state index in [-0.39, 0.29) is 18.7 Å². The maximum Gasteiger partial charge on any atom is 0.259 e. The van der Waals surface area contributed by atoms with Crippen molar-refractivity contribution in [2.45, 2.75) is 19.6 Å². The van der Waals surface area contributed by atoms with Gasteiger partial charge >= 0.3 is 0 Å². The van der Waals surface area contributed by atoms with Crippen LogP contribution in [0.2, 0.25) is 0 Å². The number of methoxy groups -OCH3 is 1. The molecule has 4 aromatic rings. The van der Waals surface area contributed by atoms with Gasteiger partial charge in [0, 0.05) is 18.5 Å². The van der Waals surface area contributed by atoms with E-state index >= 15 is 0 Å². The van der Waals surface area contributed by atoms with Crippen molar-refractivity contribution in [2.24, 2.45) is 0 Å². The van der Waals surface area contributed by atoms with E-state index in [1.807, 2.05) is 43.3 Å². The highest BCUT2D eigenvalue weighted by molar-refractivity contribution is 5.84. The molecule has 2 heterocycles. The summed E-state index contributed by atoms with van der Waals surface area (Å²) in [5.41, 5.74) is 2.06. The topological polar surface area (TPSA) is 89.4 Å². The summed E-state index contributed by atoms with van der Waals surface area (Å²) < 4.78 is 12.6. The van der Waals surface area contributed by atoms with Gasteiger partial charge in [0.25, 0.3) is 5.56 Å². The van der Waals surface area contributed by atoms with Crippen LogP contribution in [0.25, 0.3) is 22.3 Å². The smallest absolute Gasteiger partial charge is 0.259 e. The predicted octanol–water partition coefficient (Wildman–Crippen LogP) is 3.15. The molecule has 0 amide bonds. The van der Waals surface area contributed by atoms with E-state index in [0.717, 1.165) is 16.5 Å². The van der Waals surface area contributed by atoms with Crippen LogP contribution in [0.4, 0.5) is 0 Å². The van der Waals surface area contributed by atoms with Crippen molar-refractivity contribution in [2.75, 3.05) is 13.7 Å². The fraction of sp³-hybridized carbons (Fsp3) is 0.217. The Morgan fingerprint density at radius 1 is 1.17 bits per heavy atom. The predicted molar refractivity (Wildman–Crippen MR) is 115 cm³/mol. The monoisotopic (exact) mass is 405 g/mol. The van der Waals surface area contributed by atoms with E-state index in [0.29, 0.717) is 22.9 Å². The third-order valence-corrected chi connectivity index (χ3v) is 4.94. The second-order valence-electron chi connectivity index (χ2n) is 7.10. The Labute approximate surface area is 173 Å². The van der Waals surface area contributed by atoms with Crippen LogP contribution in [0.3, 0.4) is 0 Å². The van der Waals surface area contributed by atoms with Gasteiger partial charge in [0.1, 0.15) is 30.0 Å². The van der Waals surface area contributed by atoms with Crippen molar-refractivity contribution in [1.29, 1.82) is 0 Å². The molecule has 0 aliphatic heterocycles. The Balaban J connectivity index is 1.53. The van der Waals surface area contributed by atoms with Crippen LogP contribution in [0, 0.1) is 6.92 Å². The molecule has 1 atom stereocenters. The molecule has 2 aromatic carbocycles. The zero-order valence-electron chi connectivity index (χ0n) is 16.8. The minimum atomic E-state index is -0.786. The van der Waals surface area contributed by atoms with E-state index in [1.54, 1.807) is 36.2 Å². The summed E-state index contributed by atoms with van der Waals surface area (Å²) in [6.45, 7) is 2.29. The molecule has 2 aromatic heterocycles. The van der Waals surface area contributed by atoms with Crippen molar-refractivity contribution in [3.63, 3.8) is 0 Å². The number of imidazole rings is 1. The van der Waals surface area contributed by atoms with Crippen molar-refractivity contribution < 1.29 is 14.6 Å². The number of nitrogens with one attached hydrogen (secondary N) is 1. The number of aliphatic hydroxyl groups excluding tert-OH is 1. The first-order valence-corrected chi connectivity index (χ1v) is 9.64. The largest absolute Gasteiger partial charge is 0.497 e. The normalized spacial score (nSPS) is 12.1. The number of ether oxygens (including phenoxy) is 2. The molecule has 1 unspecified atom stereocenters. The Hall–Kier alpha value is -3.58. The summed E-state index contributed by atoms with van der Waals surface area (Å²) in [5.74, 6) is 1.80. The molecule has 0 bridgehead atoms. The summed E-state index contributed by atoms with van der Waals surface area (Å²) in [7, 11) is 1.59. The van der Waals surface area contributed by atoms with Crippen molar-refractivity contribution in [3.05, 3.63) is 76.8 Å². The van der Waals surface area contributed by atoms with E-state index < -0.39 is 6.10 Å². The molecule has 0 fully saturated rings. The summed E-state index contributed by atoms with van der Waals surface area (Å²) >= 11 is 0. The van der Waals surface area contributed by atoms with Crippen molar-refractivity contribution in [3.8, 4) is 22.9 Å². The van der Waals surface area contributed by atoms with E-state index in [4.69, 9.17) is 9.47 Å². The van der Waals surface area contributed by atoms with Gasteiger partial charge in [-0.15, -0.1) is 0 Å². The molecule has 0 spiro atoms. The number of hydrogen-bond donors (Lipinski definition) is 2. The maximum absolute atomic E-state index is 12.7. The summed E-state index contributed by atoms with van der Waals surface area (Å²) in [4.78, 5) is 20.0. The number of rotatable bonds is 7. The molecule has 0 saturated heterocycles. The Morgan fingerprint density at radius 2 is 1.97 bits per heavy atom. The van der Waals surface area contributed by atoms with Crippen LogP contribution in [0.1, 0.15) is 5.56 Å². The number of para-hydroxylation sites is 1. The number of aryl methyl sites for hydroxylation is 1. The maximum atomic E-state index is 12.7. The van der Waals surface area contributed by atoms with Gasteiger partial charge in [-0.1, -0.05) is 24.3 Å². The number of aliphatic hydroxyl groups is 1. The molecular weight excluding hydrogens is 382 g/mol. The molecule has 2 N–H and O–H groups in total. The van der Waals surface area contributed by atoms with Crippen LogP contribution in [0.5, 0.6) is 11.5 Å². The first kappa shape index (κ1) is 19.7. The molecule has 154 valence electrons. The summed E-state index contributed by atoms with van der Waals surface area (Å²) in [5, 5.41) is 11.4. The van der Waals surface area contributed by atoms with Crippen LogP contribution in [0.15, 0.2) is 65.7 Å². The van der Waals surface area contributed by atoms with Crippen LogP contribution in [-0.2, 0) is 6.54 Å². The fourth-order valence-corrected chi connectivity index (χ4v) is 3.41. The highest BCUT2D eigenvalue weighted by Gasteiger charge is 2.15. The Morgan fingerprint density at radius 3 is 2.80 bits per heavy atom. The number of hydrogen-bond acceptors (Lipinski definition) is 5. The Kier molecular flexibility index (Phi) is 5.54. The molecule has 0 radical (unpaired) electrons. The number of H-pyrrole nitrogens is 1. The first-order valence-electron chi connectivity index (χ1n) is 9.64. The number of aromatic nitrogens is 3. The number of benzene rings is 2. The van der Waals surface area contributed by atoms with Crippen LogP contribution in [-0.4, -0.2) is 39.5 Å². The van der Waals surface area contributed by atoms with Gasteiger partial charge in [-0.3, -0.25) is 4.79 Å². The molecule has 30 heavy (non-hydrogen) atoms. The molecule has 0 aliphatic rings. The number of nitrogens with zero attached hydrogens (tertiary/aromatic N) is 2. The second kappa shape index (κ2) is 8.42. The number of fused-ring (bicyclic) bond motifs is 1. The lowest BCUT2D eigenvalue weighted by molar-refractivity contribution is 0.0927. The molecule has 7 heteroatoms. The van der Waals surface area contributed by atoms with Gasteiger partial charge < -0.3 is 24.1 Å². The van der Waals surface area contributed by atoms with Gasteiger partial charge in [-0.05, 0) is 36.1 Å². The lowest BCUT2D eigenvalue weighted by atomic mass is 10.1. The molecule has 0 aliphatic carbocycles. The van der Waals surface area contributed by atoms with Crippen molar-refractivity contribution >= 4 is 10.9 Å². The van der Waals surface area contributed by atoms with Gasteiger partial charge in [-0.2, -0.15) is 0 Å². The second-order valence-corrected chi connectivity index (χ2v) is 7.10.